The van der Waals surface area contributed by atoms with Crippen molar-refractivity contribution in [3.63, 3.8) is 0 Å². The molecule has 1 aliphatic rings. The average Bonchev–Trinajstić information content (AvgIpc) is 2.80. The summed E-state index contributed by atoms with van der Waals surface area (Å²) in [7, 11) is 0. The number of nitrogens with zero attached hydrogens (tertiary/aromatic N) is 2. The number of aryl methyl sites for hydroxylation is 2. The van der Waals surface area contributed by atoms with Crippen LogP contribution in [0.2, 0.25) is 0 Å². The van der Waals surface area contributed by atoms with Crippen molar-refractivity contribution >= 4 is 16.6 Å². The molecule has 3 nitrogen and oxygen atoms in total. The Bertz CT molecular complexity index is 582. The molecule has 1 aromatic carbocycles. The van der Waals surface area contributed by atoms with Crippen LogP contribution in [0, 0.1) is 6.92 Å². The number of hydrogen-bond donors (Lipinski definition) is 0. The molecule has 1 saturated heterocycles. The van der Waals surface area contributed by atoms with Crippen molar-refractivity contribution in [1.82, 2.24) is 4.57 Å². The second kappa shape index (κ2) is 5.88. The fourth-order valence-corrected chi connectivity index (χ4v) is 3.03. The standard InChI is InChI=1S/C17H24N2O/c1-3-4-7-19-14(2)12-15-13-16(5-6-17(15)19)18-8-10-20-11-9-18/h5-6,12-13H,3-4,7-11H2,1-2H3. The maximum absolute atomic E-state index is 5.43. The minimum atomic E-state index is 0.842. The lowest BCUT2D eigenvalue weighted by Gasteiger charge is -2.28. The van der Waals surface area contributed by atoms with Gasteiger partial charge in [-0.2, -0.15) is 0 Å². The van der Waals surface area contributed by atoms with E-state index in [1.807, 2.05) is 0 Å². The van der Waals surface area contributed by atoms with Crippen molar-refractivity contribution in [2.24, 2.45) is 0 Å². The smallest absolute Gasteiger partial charge is 0.0642 e. The minimum absolute atomic E-state index is 0.842. The molecule has 3 rings (SSSR count). The minimum Gasteiger partial charge on any atom is -0.378 e. The van der Waals surface area contributed by atoms with Gasteiger partial charge >= 0.3 is 0 Å². The lowest BCUT2D eigenvalue weighted by molar-refractivity contribution is 0.122. The van der Waals surface area contributed by atoms with Crippen molar-refractivity contribution < 1.29 is 4.74 Å². The highest BCUT2D eigenvalue weighted by atomic mass is 16.5. The number of benzene rings is 1. The number of rotatable bonds is 4. The summed E-state index contributed by atoms with van der Waals surface area (Å²) in [5.74, 6) is 0. The summed E-state index contributed by atoms with van der Waals surface area (Å²) in [6.45, 7) is 9.27. The summed E-state index contributed by atoms with van der Waals surface area (Å²) in [6.07, 6.45) is 2.49. The van der Waals surface area contributed by atoms with Crippen molar-refractivity contribution in [1.29, 1.82) is 0 Å². The number of unbranched alkanes of at least 4 members (excludes halogenated alkanes) is 1. The predicted molar refractivity (Wildman–Crippen MR) is 84.6 cm³/mol. The largest absolute Gasteiger partial charge is 0.378 e. The number of hydrogen-bond acceptors (Lipinski definition) is 2. The first-order valence-corrected chi connectivity index (χ1v) is 7.72. The molecule has 1 fully saturated rings. The van der Waals surface area contributed by atoms with Crippen LogP contribution < -0.4 is 4.90 Å². The van der Waals surface area contributed by atoms with E-state index in [9.17, 15) is 0 Å². The maximum atomic E-state index is 5.43. The molecule has 0 spiro atoms. The van der Waals surface area contributed by atoms with Gasteiger partial charge < -0.3 is 14.2 Å². The van der Waals surface area contributed by atoms with E-state index in [1.54, 1.807) is 0 Å². The first kappa shape index (κ1) is 13.5. The number of ether oxygens (including phenoxy) is 1. The molecular formula is C17H24N2O. The highest BCUT2D eigenvalue weighted by Crippen LogP contribution is 2.26. The lowest BCUT2D eigenvalue weighted by Crippen LogP contribution is -2.36. The zero-order valence-electron chi connectivity index (χ0n) is 12.6. The van der Waals surface area contributed by atoms with Gasteiger partial charge in [0, 0.05) is 41.9 Å². The highest BCUT2D eigenvalue weighted by Gasteiger charge is 2.13. The van der Waals surface area contributed by atoms with Gasteiger partial charge in [-0.15, -0.1) is 0 Å². The fourth-order valence-electron chi connectivity index (χ4n) is 3.03. The molecule has 108 valence electrons. The molecule has 0 saturated carbocycles. The molecule has 1 aliphatic heterocycles. The Morgan fingerprint density at radius 1 is 1.15 bits per heavy atom. The molecule has 0 amide bonds. The molecule has 1 aromatic heterocycles. The van der Waals surface area contributed by atoms with E-state index < -0.39 is 0 Å². The molecule has 2 aromatic rings. The van der Waals surface area contributed by atoms with Gasteiger partial charge in [-0.1, -0.05) is 13.3 Å². The van der Waals surface area contributed by atoms with Crippen molar-refractivity contribution in [2.75, 3.05) is 31.2 Å². The number of aromatic nitrogens is 1. The van der Waals surface area contributed by atoms with Crippen LogP contribution in [0.15, 0.2) is 24.3 Å². The molecule has 0 N–H and O–H groups in total. The topological polar surface area (TPSA) is 17.4 Å². The van der Waals surface area contributed by atoms with Crippen molar-refractivity contribution in [2.45, 2.75) is 33.2 Å². The number of morpholine rings is 1. The second-order valence-electron chi connectivity index (χ2n) is 5.63. The number of anilines is 1. The third kappa shape index (κ3) is 2.55. The molecule has 2 heterocycles. The Kier molecular flexibility index (Phi) is 3.97. The van der Waals surface area contributed by atoms with Crippen LogP contribution in [0.3, 0.4) is 0 Å². The van der Waals surface area contributed by atoms with Gasteiger partial charge in [0.25, 0.3) is 0 Å². The molecule has 0 unspecified atom stereocenters. The van der Waals surface area contributed by atoms with Crippen molar-refractivity contribution in [3.8, 4) is 0 Å². The third-order valence-electron chi connectivity index (χ3n) is 4.20. The summed E-state index contributed by atoms with van der Waals surface area (Å²) in [6, 6.07) is 9.18. The van der Waals surface area contributed by atoms with Crippen LogP contribution in [0.4, 0.5) is 5.69 Å². The summed E-state index contributed by atoms with van der Waals surface area (Å²) in [5.41, 5.74) is 4.06. The first-order valence-electron chi connectivity index (χ1n) is 7.72. The van der Waals surface area contributed by atoms with Gasteiger partial charge in [-0.05, 0) is 37.6 Å². The molecule has 0 bridgehead atoms. The van der Waals surface area contributed by atoms with Crippen LogP contribution in [0.5, 0.6) is 0 Å². The van der Waals surface area contributed by atoms with E-state index in [0.717, 1.165) is 32.8 Å². The van der Waals surface area contributed by atoms with Gasteiger partial charge in [0.05, 0.1) is 13.2 Å². The van der Waals surface area contributed by atoms with Crippen LogP contribution in [0.1, 0.15) is 25.5 Å². The highest BCUT2D eigenvalue weighted by molar-refractivity contribution is 5.85. The summed E-state index contributed by atoms with van der Waals surface area (Å²) < 4.78 is 7.88. The second-order valence-corrected chi connectivity index (χ2v) is 5.63. The Labute approximate surface area is 121 Å². The summed E-state index contributed by atoms with van der Waals surface area (Å²) in [5, 5.41) is 1.36. The van der Waals surface area contributed by atoms with Gasteiger partial charge in [0.1, 0.15) is 0 Å². The Hall–Kier alpha value is -1.48. The average molecular weight is 272 g/mol. The van der Waals surface area contributed by atoms with E-state index >= 15 is 0 Å². The van der Waals surface area contributed by atoms with E-state index in [0.29, 0.717) is 0 Å². The van der Waals surface area contributed by atoms with E-state index in [2.05, 4.69) is 47.6 Å². The molecule has 0 radical (unpaired) electrons. The molecule has 20 heavy (non-hydrogen) atoms. The van der Waals surface area contributed by atoms with E-state index in [-0.39, 0.29) is 0 Å². The quantitative estimate of drug-likeness (QED) is 0.846. The predicted octanol–water partition coefficient (Wildman–Crippen LogP) is 3.59. The summed E-state index contributed by atoms with van der Waals surface area (Å²) in [4.78, 5) is 2.42. The third-order valence-corrected chi connectivity index (χ3v) is 4.20. The van der Waals surface area contributed by atoms with Gasteiger partial charge in [0.2, 0.25) is 0 Å². The van der Waals surface area contributed by atoms with Crippen molar-refractivity contribution in [3.05, 3.63) is 30.0 Å². The molecule has 0 aliphatic carbocycles. The summed E-state index contributed by atoms with van der Waals surface area (Å²) >= 11 is 0. The zero-order chi connectivity index (χ0) is 13.9. The van der Waals surface area contributed by atoms with Crippen LogP contribution in [-0.4, -0.2) is 30.9 Å². The van der Waals surface area contributed by atoms with E-state index in [1.165, 1.54) is 35.1 Å². The molecule has 3 heteroatoms. The van der Waals surface area contributed by atoms with Gasteiger partial charge in [0.15, 0.2) is 0 Å². The zero-order valence-corrected chi connectivity index (χ0v) is 12.6. The maximum Gasteiger partial charge on any atom is 0.0642 e. The Balaban J connectivity index is 1.91. The SMILES string of the molecule is CCCCn1c(C)cc2cc(N3CCOCC3)ccc21. The van der Waals surface area contributed by atoms with Gasteiger partial charge in [-0.25, -0.2) is 0 Å². The van der Waals surface area contributed by atoms with Crippen LogP contribution in [0.25, 0.3) is 10.9 Å². The van der Waals surface area contributed by atoms with Crippen LogP contribution >= 0.6 is 0 Å². The monoisotopic (exact) mass is 272 g/mol. The Morgan fingerprint density at radius 3 is 2.70 bits per heavy atom. The van der Waals surface area contributed by atoms with Crippen LogP contribution in [-0.2, 0) is 11.3 Å². The fraction of sp³-hybridized carbons (Fsp3) is 0.529. The van der Waals surface area contributed by atoms with E-state index in [4.69, 9.17) is 4.74 Å². The normalized spacial score (nSPS) is 16.0. The number of fused-ring (bicyclic) bond motifs is 1. The molecular weight excluding hydrogens is 248 g/mol. The Morgan fingerprint density at radius 2 is 1.95 bits per heavy atom. The first-order chi connectivity index (χ1) is 9.79. The molecule has 0 atom stereocenters. The lowest BCUT2D eigenvalue weighted by atomic mass is 10.2. The van der Waals surface area contributed by atoms with Gasteiger partial charge in [-0.3, -0.25) is 0 Å².